The van der Waals surface area contributed by atoms with Crippen molar-refractivity contribution in [2.45, 2.75) is 77.8 Å². The Hall–Kier alpha value is -1.50. The zero-order valence-corrected chi connectivity index (χ0v) is 16.8. The van der Waals surface area contributed by atoms with Crippen LogP contribution in [0, 0.1) is 11.8 Å². The molecular formula is C19H37N3O4. The molecule has 2 amide bonds. The second-order valence-corrected chi connectivity index (χ2v) is 8.48. The number of hydrogen-bond donors (Lipinski definition) is 4. The molecule has 152 valence electrons. The van der Waals surface area contributed by atoms with E-state index in [2.05, 4.69) is 15.5 Å². The molecule has 7 nitrogen and oxygen atoms in total. The summed E-state index contributed by atoms with van der Waals surface area (Å²) in [6.45, 7) is 11.3. The summed E-state index contributed by atoms with van der Waals surface area (Å²) in [7, 11) is 0. The molecule has 0 radical (unpaired) electrons. The van der Waals surface area contributed by atoms with Crippen molar-refractivity contribution < 1.29 is 19.8 Å². The minimum Gasteiger partial charge on any atom is -0.465 e. The van der Waals surface area contributed by atoms with Crippen LogP contribution >= 0.6 is 0 Å². The van der Waals surface area contributed by atoms with Gasteiger partial charge in [-0.3, -0.25) is 0 Å². The highest BCUT2D eigenvalue weighted by Gasteiger charge is 2.42. The van der Waals surface area contributed by atoms with Crippen LogP contribution in [0.3, 0.4) is 0 Å². The zero-order chi connectivity index (χ0) is 19.7. The van der Waals surface area contributed by atoms with Crippen LogP contribution in [0.1, 0.15) is 66.2 Å². The SMILES string of the molecule is CC(C)CC(CC(C)C)(NC(=O)O)C(CCCN1CCCC1)NC(=O)O. The van der Waals surface area contributed by atoms with Gasteiger partial charge in [-0.1, -0.05) is 27.7 Å². The van der Waals surface area contributed by atoms with E-state index in [4.69, 9.17) is 0 Å². The van der Waals surface area contributed by atoms with Crippen molar-refractivity contribution in [3.63, 3.8) is 0 Å². The van der Waals surface area contributed by atoms with E-state index >= 15 is 0 Å². The van der Waals surface area contributed by atoms with Crippen molar-refractivity contribution in [2.24, 2.45) is 11.8 Å². The lowest BCUT2D eigenvalue weighted by molar-refractivity contribution is 0.121. The van der Waals surface area contributed by atoms with Gasteiger partial charge in [0.15, 0.2) is 0 Å². The number of rotatable bonds is 11. The van der Waals surface area contributed by atoms with Gasteiger partial charge in [-0.15, -0.1) is 0 Å². The Morgan fingerprint density at radius 1 is 1.00 bits per heavy atom. The first-order valence-electron chi connectivity index (χ1n) is 9.87. The summed E-state index contributed by atoms with van der Waals surface area (Å²) in [6.07, 6.45) is 2.94. The second kappa shape index (κ2) is 10.6. The molecule has 0 saturated carbocycles. The maximum absolute atomic E-state index is 11.6. The molecule has 0 aromatic heterocycles. The molecule has 0 aromatic carbocycles. The molecular weight excluding hydrogens is 334 g/mol. The molecule has 1 aliphatic heterocycles. The normalized spacial score (nSPS) is 16.8. The van der Waals surface area contributed by atoms with Crippen molar-refractivity contribution in [3.05, 3.63) is 0 Å². The fraction of sp³-hybridized carbons (Fsp3) is 0.895. The van der Waals surface area contributed by atoms with E-state index in [1.807, 2.05) is 27.7 Å². The number of likely N-dealkylation sites (tertiary alicyclic amines) is 1. The van der Waals surface area contributed by atoms with Crippen molar-refractivity contribution in [1.29, 1.82) is 0 Å². The van der Waals surface area contributed by atoms with Gasteiger partial charge in [0.25, 0.3) is 0 Å². The summed E-state index contributed by atoms with van der Waals surface area (Å²) in [5.74, 6) is 0.495. The predicted octanol–water partition coefficient (Wildman–Crippen LogP) is 3.60. The minimum atomic E-state index is -1.10. The summed E-state index contributed by atoms with van der Waals surface area (Å²) < 4.78 is 0. The summed E-state index contributed by atoms with van der Waals surface area (Å²) >= 11 is 0. The molecule has 1 heterocycles. The molecule has 1 aliphatic rings. The standard InChI is InChI=1S/C19H37N3O4/c1-14(2)12-19(13-15(3)4,21-18(25)26)16(20-17(23)24)8-7-11-22-9-5-6-10-22/h14-16,20-21H,5-13H2,1-4H3,(H,23,24)(H,25,26). The number of nitrogens with zero attached hydrogens (tertiary/aromatic N) is 1. The maximum atomic E-state index is 11.6. The Balaban J connectivity index is 2.98. The molecule has 0 bridgehead atoms. The Labute approximate surface area is 157 Å². The van der Waals surface area contributed by atoms with Crippen LogP contribution < -0.4 is 10.6 Å². The Morgan fingerprint density at radius 3 is 1.96 bits per heavy atom. The fourth-order valence-electron chi connectivity index (χ4n) is 4.39. The van der Waals surface area contributed by atoms with E-state index in [9.17, 15) is 19.8 Å². The first kappa shape index (κ1) is 22.5. The van der Waals surface area contributed by atoms with E-state index < -0.39 is 23.8 Å². The van der Waals surface area contributed by atoms with Crippen LogP contribution in [0.5, 0.6) is 0 Å². The van der Waals surface area contributed by atoms with Gasteiger partial charge in [-0.05, 0) is 70.0 Å². The molecule has 7 heteroatoms. The van der Waals surface area contributed by atoms with Crippen molar-refractivity contribution in [3.8, 4) is 0 Å². The predicted molar refractivity (Wildman–Crippen MR) is 103 cm³/mol. The highest BCUT2D eigenvalue weighted by Crippen LogP contribution is 2.31. The highest BCUT2D eigenvalue weighted by molar-refractivity contribution is 5.67. The number of carbonyl (C=O) groups is 2. The summed E-state index contributed by atoms with van der Waals surface area (Å²) in [4.78, 5) is 25.4. The molecule has 1 rings (SSSR count). The van der Waals surface area contributed by atoms with Gasteiger partial charge >= 0.3 is 12.2 Å². The van der Waals surface area contributed by atoms with E-state index in [0.717, 1.165) is 26.1 Å². The lowest BCUT2D eigenvalue weighted by Gasteiger charge is -2.43. The second-order valence-electron chi connectivity index (χ2n) is 8.48. The number of carboxylic acid groups (broad SMARTS) is 2. The summed E-state index contributed by atoms with van der Waals surface area (Å²) in [5, 5.41) is 24.2. The van der Waals surface area contributed by atoms with Crippen molar-refractivity contribution >= 4 is 12.2 Å². The Kier molecular flexibility index (Phi) is 9.19. The molecule has 1 atom stereocenters. The van der Waals surface area contributed by atoms with Gasteiger partial charge < -0.3 is 25.7 Å². The van der Waals surface area contributed by atoms with Crippen LogP contribution in [0.2, 0.25) is 0 Å². The van der Waals surface area contributed by atoms with Crippen LogP contribution in [0.15, 0.2) is 0 Å². The monoisotopic (exact) mass is 371 g/mol. The fourth-order valence-corrected chi connectivity index (χ4v) is 4.39. The van der Waals surface area contributed by atoms with Gasteiger partial charge in [0.1, 0.15) is 0 Å². The third-order valence-corrected chi connectivity index (χ3v) is 5.03. The van der Waals surface area contributed by atoms with Crippen LogP contribution in [0.25, 0.3) is 0 Å². The highest BCUT2D eigenvalue weighted by atomic mass is 16.4. The van der Waals surface area contributed by atoms with Gasteiger partial charge in [0.2, 0.25) is 0 Å². The Morgan fingerprint density at radius 2 is 1.54 bits per heavy atom. The lowest BCUT2D eigenvalue weighted by Crippen LogP contribution is -2.63. The lowest BCUT2D eigenvalue weighted by atomic mass is 9.75. The summed E-state index contributed by atoms with van der Waals surface area (Å²) in [5.41, 5.74) is -0.794. The number of nitrogens with one attached hydrogen (secondary N) is 2. The average molecular weight is 372 g/mol. The topological polar surface area (TPSA) is 102 Å². The first-order valence-corrected chi connectivity index (χ1v) is 9.87. The van der Waals surface area contributed by atoms with Gasteiger partial charge in [0, 0.05) is 0 Å². The molecule has 1 saturated heterocycles. The van der Waals surface area contributed by atoms with Gasteiger partial charge in [0.05, 0.1) is 11.6 Å². The van der Waals surface area contributed by atoms with Crippen LogP contribution in [-0.4, -0.2) is 58.5 Å². The third-order valence-electron chi connectivity index (χ3n) is 5.03. The molecule has 1 fully saturated rings. The smallest absolute Gasteiger partial charge is 0.405 e. The molecule has 0 aromatic rings. The average Bonchev–Trinajstić information content (AvgIpc) is 2.96. The molecule has 0 aliphatic carbocycles. The Bertz CT molecular complexity index is 438. The zero-order valence-electron chi connectivity index (χ0n) is 16.8. The first-order chi connectivity index (χ1) is 12.1. The quantitative estimate of drug-likeness (QED) is 0.444. The van der Waals surface area contributed by atoms with Crippen LogP contribution in [0.4, 0.5) is 9.59 Å². The van der Waals surface area contributed by atoms with Gasteiger partial charge in [-0.25, -0.2) is 9.59 Å². The number of amides is 2. The molecule has 4 N–H and O–H groups in total. The van der Waals surface area contributed by atoms with E-state index in [0.29, 0.717) is 19.3 Å². The van der Waals surface area contributed by atoms with E-state index in [1.165, 1.54) is 12.8 Å². The van der Waals surface area contributed by atoms with E-state index in [1.54, 1.807) is 0 Å². The third kappa shape index (κ3) is 7.81. The maximum Gasteiger partial charge on any atom is 0.405 e. The number of hydrogen-bond acceptors (Lipinski definition) is 3. The minimum absolute atomic E-state index is 0.247. The van der Waals surface area contributed by atoms with Crippen LogP contribution in [-0.2, 0) is 0 Å². The van der Waals surface area contributed by atoms with Crippen molar-refractivity contribution in [1.82, 2.24) is 15.5 Å². The van der Waals surface area contributed by atoms with Crippen molar-refractivity contribution in [2.75, 3.05) is 19.6 Å². The molecule has 26 heavy (non-hydrogen) atoms. The summed E-state index contributed by atoms with van der Waals surface area (Å²) in [6, 6.07) is -0.441. The largest absolute Gasteiger partial charge is 0.465 e. The molecule has 0 spiro atoms. The van der Waals surface area contributed by atoms with E-state index in [-0.39, 0.29) is 11.8 Å². The molecule has 1 unspecified atom stereocenters. The van der Waals surface area contributed by atoms with Gasteiger partial charge in [-0.2, -0.15) is 0 Å².